The number of thioether (sulfide) groups is 1. The number of ether oxygens (including phenoxy) is 5. The summed E-state index contributed by atoms with van der Waals surface area (Å²) >= 11 is 1.06. The second-order valence-electron chi connectivity index (χ2n) is 7.14. The zero-order valence-corrected chi connectivity index (χ0v) is 17.8. The van der Waals surface area contributed by atoms with Crippen LogP contribution < -0.4 is 0 Å². The lowest BCUT2D eigenvalue weighted by Gasteiger charge is -2.53. The molecule has 3 rings (SSSR count). The summed E-state index contributed by atoms with van der Waals surface area (Å²) < 4.78 is 29.1. The number of benzene rings is 1. The molecule has 154 valence electrons. The molecule has 7 nitrogen and oxygen atoms in total. The SMILES string of the molecule is CCSC(=O)[C@]12O[C@@](C)(OC)[C@](C)(OC)O[C@H]1C(=O)O[C@@H]2c1ccc(C)cc1. The van der Waals surface area contributed by atoms with Gasteiger partial charge in [0.1, 0.15) is 0 Å². The number of esters is 1. The smallest absolute Gasteiger partial charge is 0.339 e. The Morgan fingerprint density at radius 3 is 2.25 bits per heavy atom. The number of methoxy groups -OCH3 is 2. The van der Waals surface area contributed by atoms with Crippen molar-refractivity contribution in [3.8, 4) is 0 Å². The fourth-order valence-corrected chi connectivity index (χ4v) is 4.33. The summed E-state index contributed by atoms with van der Waals surface area (Å²) in [6, 6.07) is 7.41. The molecule has 0 saturated carbocycles. The van der Waals surface area contributed by atoms with E-state index in [-0.39, 0.29) is 5.12 Å². The summed E-state index contributed by atoms with van der Waals surface area (Å²) in [5.74, 6) is -3.04. The summed E-state index contributed by atoms with van der Waals surface area (Å²) in [6.45, 7) is 7.02. The number of carbonyl (C=O) groups is 2. The highest BCUT2D eigenvalue weighted by Gasteiger charge is 2.74. The molecular formula is C20H26O7S. The lowest BCUT2D eigenvalue weighted by Crippen LogP contribution is -2.72. The van der Waals surface area contributed by atoms with Crippen LogP contribution in [0, 0.1) is 6.92 Å². The van der Waals surface area contributed by atoms with Gasteiger partial charge in [0.2, 0.25) is 22.3 Å². The maximum atomic E-state index is 13.3. The van der Waals surface area contributed by atoms with E-state index >= 15 is 0 Å². The Bertz CT molecular complexity index is 766. The van der Waals surface area contributed by atoms with Gasteiger partial charge in [0.15, 0.2) is 12.2 Å². The summed E-state index contributed by atoms with van der Waals surface area (Å²) in [6.07, 6.45) is -2.24. The van der Waals surface area contributed by atoms with Gasteiger partial charge >= 0.3 is 5.97 Å². The van der Waals surface area contributed by atoms with Crippen molar-refractivity contribution >= 4 is 22.8 Å². The molecule has 2 heterocycles. The van der Waals surface area contributed by atoms with Crippen LogP contribution in [-0.2, 0) is 33.3 Å². The maximum absolute atomic E-state index is 13.3. The Morgan fingerprint density at radius 2 is 1.71 bits per heavy atom. The molecule has 0 N–H and O–H groups in total. The van der Waals surface area contributed by atoms with Gasteiger partial charge in [-0.15, -0.1) is 0 Å². The molecular weight excluding hydrogens is 384 g/mol. The fraction of sp³-hybridized carbons (Fsp3) is 0.600. The molecule has 5 atom stereocenters. The number of fused-ring (bicyclic) bond motifs is 1. The fourth-order valence-electron chi connectivity index (χ4n) is 3.58. The minimum absolute atomic E-state index is 0.349. The standard InChI is InChI=1S/C20H26O7S/c1-7-28-17(22)20-14(13-10-8-12(2)9-11-13)25-16(21)15(20)26-18(3,23-5)19(4,24-6)27-20/h8-11,14-15H,7H2,1-6H3/t14-,15+,18-,19-,20-/m1/s1. The van der Waals surface area contributed by atoms with E-state index in [1.807, 2.05) is 38.1 Å². The minimum Gasteiger partial charge on any atom is -0.452 e. The monoisotopic (exact) mass is 410 g/mol. The Balaban J connectivity index is 2.18. The molecule has 0 aromatic heterocycles. The van der Waals surface area contributed by atoms with E-state index in [9.17, 15) is 9.59 Å². The number of cyclic esters (lactones) is 1. The molecule has 1 aromatic carbocycles. The van der Waals surface area contributed by atoms with E-state index < -0.39 is 35.4 Å². The van der Waals surface area contributed by atoms with Crippen molar-refractivity contribution in [1.29, 1.82) is 0 Å². The van der Waals surface area contributed by atoms with Crippen molar-refractivity contribution in [3.05, 3.63) is 35.4 Å². The van der Waals surface area contributed by atoms with Gasteiger partial charge < -0.3 is 23.7 Å². The van der Waals surface area contributed by atoms with Gasteiger partial charge in [-0.1, -0.05) is 48.5 Å². The van der Waals surface area contributed by atoms with Gasteiger partial charge in [-0.25, -0.2) is 4.79 Å². The third-order valence-electron chi connectivity index (χ3n) is 5.51. The quantitative estimate of drug-likeness (QED) is 0.686. The van der Waals surface area contributed by atoms with Gasteiger partial charge in [-0.05, 0) is 32.1 Å². The van der Waals surface area contributed by atoms with Crippen LogP contribution in [0.1, 0.15) is 38.0 Å². The molecule has 28 heavy (non-hydrogen) atoms. The predicted molar refractivity (Wildman–Crippen MR) is 103 cm³/mol. The molecule has 0 radical (unpaired) electrons. The number of carbonyl (C=O) groups excluding carboxylic acids is 2. The van der Waals surface area contributed by atoms with E-state index in [0.717, 1.165) is 17.3 Å². The normalized spacial score (nSPS) is 37.4. The first-order valence-corrected chi connectivity index (χ1v) is 10.1. The Labute approximate surface area is 169 Å². The summed E-state index contributed by atoms with van der Waals surface area (Å²) in [7, 11) is 2.86. The van der Waals surface area contributed by atoms with Gasteiger partial charge in [0.05, 0.1) is 0 Å². The molecule has 0 bridgehead atoms. The van der Waals surface area contributed by atoms with Gasteiger partial charge in [-0.3, -0.25) is 4.79 Å². The average Bonchev–Trinajstić information content (AvgIpc) is 2.95. The van der Waals surface area contributed by atoms with Crippen LogP contribution in [0.5, 0.6) is 0 Å². The topological polar surface area (TPSA) is 80.3 Å². The van der Waals surface area contributed by atoms with Crippen LogP contribution in [0.25, 0.3) is 0 Å². The second kappa shape index (κ2) is 7.42. The number of aryl methyl sites for hydroxylation is 1. The summed E-state index contributed by atoms with van der Waals surface area (Å²) in [5, 5.41) is -0.349. The Hall–Kier alpha value is -1.45. The molecule has 0 aliphatic carbocycles. The summed E-state index contributed by atoms with van der Waals surface area (Å²) in [4.78, 5) is 26.1. The number of rotatable bonds is 5. The van der Waals surface area contributed by atoms with E-state index in [1.54, 1.807) is 13.8 Å². The van der Waals surface area contributed by atoms with E-state index in [4.69, 9.17) is 23.7 Å². The van der Waals surface area contributed by atoms with E-state index in [0.29, 0.717) is 11.3 Å². The highest BCUT2D eigenvalue weighted by Crippen LogP contribution is 2.54. The highest BCUT2D eigenvalue weighted by atomic mass is 32.2. The van der Waals surface area contributed by atoms with Gasteiger partial charge in [0.25, 0.3) is 0 Å². The van der Waals surface area contributed by atoms with Crippen LogP contribution in [0.15, 0.2) is 24.3 Å². The first-order valence-electron chi connectivity index (χ1n) is 9.10. The van der Waals surface area contributed by atoms with Crippen LogP contribution in [0.2, 0.25) is 0 Å². The van der Waals surface area contributed by atoms with E-state index in [2.05, 4.69) is 0 Å². The molecule has 1 aromatic rings. The van der Waals surface area contributed by atoms with Crippen molar-refractivity contribution in [2.45, 2.75) is 57.1 Å². The van der Waals surface area contributed by atoms with Crippen molar-refractivity contribution < 1.29 is 33.3 Å². The minimum atomic E-state index is -1.70. The first kappa shape index (κ1) is 21.3. The molecule has 0 amide bonds. The van der Waals surface area contributed by atoms with Gasteiger partial charge in [0, 0.05) is 14.2 Å². The third kappa shape index (κ3) is 2.98. The van der Waals surface area contributed by atoms with E-state index in [1.165, 1.54) is 14.2 Å². The molecule has 2 aliphatic rings. The first-order chi connectivity index (χ1) is 13.2. The van der Waals surface area contributed by atoms with Gasteiger partial charge in [-0.2, -0.15) is 0 Å². The largest absolute Gasteiger partial charge is 0.452 e. The van der Waals surface area contributed by atoms with Crippen molar-refractivity contribution in [2.24, 2.45) is 0 Å². The van der Waals surface area contributed by atoms with Crippen molar-refractivity contribution in [3.63, 3.8) is 0 Å². The molecule has 0 unspecified atom stereocenters. The molecule has 2 aliphatic heterocycles. The van der Waals surface area contributed by atoms with Crippen molar-refractivity contribution in [1.82, 2.24) is 0 Å². The highest BCUT2D eigenvalue weighted by molar-refractivity contribution is 8.13. The zero-order valence-electron chi connectivity index (χ0n) is 16.9. The maximum Gasteiger partial charge on any atom is 0.339 e. The zero-order chi connectivity index (χ0) is 20.7. The Kier molecular flexibility index (Phi) is 5.64. The summed E-state index contributed by atoms with van der Waals surface area (Å²) in [5.41, 5.74) is -0.00692. The van der Waals surface area contributed by atoms with Crippen molar-refractivity contribution in [2.75, 3.05) is 20.0 Å². The Morgan fingerprint density at radius 1 is 1.11 bits per heavy atom. The predicted octanol–water partition coefficient (Wildman–Crippen LogP) is 2.75. The van der Waals surface area contributed by atoms with Crippen LogP contribution in [-0.4, -0.2) is 54.3 Å². The molecule has 8 heteroatoms. The lowest BCUT2D eigenvalue weighted by molar-refractivity contribution is -0.454. The third-order valence-corrected chi connectivity index (χ3v) is 6.38. The molecule has 0 spiro atoms. The lowest BCUT2D eigenvalue weighted by atomic mass is 9.86. The van der Waals surface area contributed by atoms with Crippen LogP contribution in [0.4, 0.5) is 0 Å². The second-order valence-corrected chi connectivity index (χ2v) is 8.38. The average molecular weight is 410 g/mol. The van der Waals surface area contributed by atoms with Crippen LogP contribution >= 0.6 is 11.8 Å². The molecule has 2 saturated heterocycles. The number of hydrogen-bond donors (Lipinski definition) is 0. The number of hydrogen-bond acceptors (Lipinski definition) is 8. The van der Waals surface area contributed by atoms with Crippen LogP contribution in [0.3, 0.4) is 0 Å². The molecule has 2 fully saturated rings.